The second kappa shape index (κ2) is 7.55. The molecule has 2 aliphatic heterocycles. The lowest BCUT2D eigenvalue weighted by Gasteiger charge is -2.28. The largest absolute Gasteiger partial charge is 0.492 e. The Morgan fingerprint density at radius 3 is 2.87 bits per heavy atom. The normalized spacial score (nSPS) is 19.9. The number of allylic oxidation sites excluding steroid dienone is 1. The third kappa shape index (κ3) is 4.52. The first-order valence-electron chi connectivity index (χ1n) is 8.38. The van der Waals surface area contributed by atoms with Crippen molar-refractivity contribution in [2.75, 3.05) is 33.3 Å². The zero-order valence-electron chi connectivity index (χ0n) is 14.0. The van der Waals surface area contributed by atoms with Crippen LogP contribution in [0.2, 0.25) is 0 Å². The molecule has 1 saturated heterocycles. The van der Waals surface area contributed by atoms with Crippen LogP contribution in [0.3, 0.4) is 0 Å². The van der Waals surface area contributed by atoms with E-state index in [-0.39, 0.29) is 0 Å². The number of aryl methyl sites for hydroxylation is 1. The predicted molar refractivity (Wildman–Crippen MR) is 95.3 cm³/mol. The molecule has 0 spiro atoms. The Balaban J connectivity index is 1.55. The van der Waals surface area contributed by atoms with Crippen molar-refractivity contribution in [2.24, 2.45) is 15.9 Å². The quantitative estimate of drug-likeness (QED) is 0.857. The number of rotatable bonds is 4. The molecule has 0 saturated carbocycles. The second-order valence-electron chi connectivity index (χ2n) is 6.46. The highest BCUT2D eigenvalue weighted by Gasteiger charge is 2.17. The predicted octanol–water partition coefficient (Wildman–Crippen LogP) is 3.07. The lowest BCUT2D eigenvalue weighted by atomic mass is 9.98. The summed E-state index contributed by atoms with van der Waals surface area (Å²) in [7, 11) is 2.18. The molecular formula is C19H25N3O. The van der Waals surface area contributed by atoms with Gasteiger partial charge in [-0.15, -0.1) is 0 Å². The smallest absolute Gasteiger partial charge is 0.154 e. The number of hydrogen-bond donors (Lipinski definition) is 0. The van der Waals surface area contributed by atoms with Crippen molar-refractivity contribution < 1.29 is 4.74 Å². The molecule has 0 unspecified atom stereocenters. The Morgan fingerprint density at radius 2 is 2.09 bits per heavy atom. The molecule has 0 aliphatic carbocycles. The first kappa shape index (κ1) is 15.9. The molecule has 122 valence electrons. The molecular weight excluding hydrogens is 286 g/mol. The molecule has 0 radical (unpaired) electrons. The van der Waals surface area contributed by atoms with Crippen LogP contribution in [0, 0.1) is 12.8 Å². The fourth-order valence-electron chi connectivity index (χ4n) is 2.93. The summed E-state index contributed by atoms with van der Waals surface area (Å²) in [5, 5.41) is 0. The van der Waals surface area contributed by atoms with Gasteiger partial charge in [-0.05, 0) is 58.0 Å². The number of benzene rings is 1. The Bertz CT molecular complexity index is 625. The van der Waals surface area contributed by atoms with Crippen LogP contribution in [0.25, 0.3) is 0 Å². The number of nitrogens with zero attached hydrogens (tertiary/aromatic N) is 3. The van der Waals surface area contributed by atoms with Crippen LogP contribution < -0.4 is 0 Å². The Hall–Kier alpha value is -1.94. The van der Waals surface area contributed by atoms with E-state index in [9.17, 15) is 0 Å². The van der Waals surface area contributed by atoms with E-state index < -0.39 is 0 Å². The van der Waals surface area contributed by atoms with Gasteiger partial charge in [0.05, 0.1) is 19.4 Å². The maximum Gasteiger partial charge on any atom is 0.154 e. The Morgan fingerprint density at radius 1 is 1.26 bits per heavy atom. The molecule has 0 N–H and O–H groups in total. The van der Waals surface area contributed by atoms with Gasteiger partial charge < -0.3 is 9.64 Å². The minimum absolute atomic E-state index is 0.617. The SMILES string of the molecule is Cc1cccc(C2=NCC=C(OCC3CCN(C)CC3)C=N2)c1. The summed E-state index contributed by atoms with van der Waals surface area (Å²) in [6.07, 6.45) is 6.25. The third-order valence-electron chi connectivity index (χ3n) is 4.45. The summed E-state index contributed by atoms with van der Waals surface area (Å²) < 4.78 is 5.97. The highest BCUT2D eigenvalue weighted by molar-refractivity contribution is 6.05. The minimum atomic E-state index is 0.617. The topological polar surface area (TPSA) is 37.2 Å². The van der Waals surface area contributed by atoms with Crippen molar-refractivity contribution in [3.8, 4) is 0 Å². The van der Waals surface area contributed by atoms with E-state index in [1.807, 2.05) is 24.4 Å². The van der Waals surface area contributed by atoms with Crippen molar-refractivity contribution in [3.05, 3.63) is 47.2 Å². The second-order valence-corrected chi connectivity index (χ2v) is 6.46. The molecule has 1 aromatic rings. The van der Waals surface area contributed by atoms with E-state index >= 15 is 0 Å². The average Bonchev–Trinajstić information content (AvgIpc) is 2.80. The Labute approximate surface area is 138 Å². The van der Waals surface area contributed by atoms with Gasteiger partial charge in [-0.1, -0.05) is 23.8 Å². The van der Waals surface area contributed by atoms with Crippen LogP contribution in [0.1, 0.15) is 24.0 Å². The average molecular weight is 311 g/mol. The zero-order valence-corrected chi connectivity index (χ0v) is 14.0. The molecule has 3 rings (SSSR count). The van der Waals surface area contributed by atoms with Gasteiger partial charge in [-0.2, -0.15) is 0 Å². The number of hydrogen-bond acceptors (Lipinski definition) is 4. The number of aliphatic imine (C=N–C) groups is 2. The standard InChI is InChI=1S/C19H25N3O/c1-15-4-3-5-17(12-15)19-20-9-6-18(13-21-19)23-14-16-7-10-22(2)11-8-16/h3-6,12-13,16H,7-11,14H2,1-2H3. The Kier molecular flexibility index (Phi) is 5.23. The van der Waals surface area contributed by atoms with Crippen LogP contribution in [0.4, 0.5) is 0 Å². The number of piperidine rings is 1. The van der Waals surface area contributed by atoms with Crippen molar-refractivity contribution in [3.63, 3.8) is 0 Å². The van der Waals surface area contributed by atoms with Crippen molar-refractivity contribution in [2.45, 2.75) is 19.8 Å². The van der Waals surface area contributed by atoms with Crippen molar-refractivity contribution >= 4 is 12.1 Å². The lowest BCUT2D eigenvalue weighted by molar-refractivity contribution is 0.126. The highest BCUT2D eigenvalue weighted by atomic mass is 16.5. The molecule has 1 aromatic carbocycles. The molecule has 0 aromatic heterocycles. The minimum Gasteiger partial charge on any atom is -0.492 e. The summed E-state index contributed by atoms with van der Waals surface area (Å²) in [6.45, 7) is 5.82. The summed E-state index contributed by atoms with van der Waals surface area (Å²) in [5.41, 5.74) is 2.28. The van der Waals surface area contributed by atoms with Crippen molar-refractivity contribution in [1.29, 1.82) is 0 Å². The molecule has 0 amide bonds. The molecule has 4 nitrogen and oxygen atoms in total. The van der Waals surface area contributed by atoms with E-state index in [2.05, 4.69) is 41.0 Å². The fourth-order valence-corrected chi connectivity index (χ4v) is 2.93. The highest BCUT2D eigenvalue weighted by Crippen LogP contribution is 2.17. The lowest BCUT2D eigenvalue weighted by Crippen LogP contribution is -2.32. The first-order valence-corrected chi connectivity index (χ1v) is 8.38. The van der Waals surface area contributed by atoms with Crippen LogP contribution >= 0.6 is 0 Å². The van der Waals surface area contributed by atoms with Gasteiger partial charge in [-0.25, -0.2) is 4.99 Å². The van der Waals surface area contributed by atoms with Gasteiger partial charge in [0.2, 0.25) is 0 Å². The van der Waals surface area contributed by atoms with Gasteiger partial charge in [0.1, 0.15) is 5.76 Å². The van der Waals surface area contributed by atoms with Gasteiger partial charge in [0.25, 0.3) is 0 Å². The van der Waals surface area contributed by atoms with Crippen LogP contribution in [-0.2, 0) is 4.74 Å². The van der Waals surface area contributed by atoms with E-state index in [4.69, 9.17) is 4.74 Å². The van der Waals surface area contributed by atoms with Crippen LogP contribution in [0.5, 0.6) is 0 Å². The van der Waals surface area contributed by atoms with E-state index in [0.717, 1.165) is 23.8 Å². The summed E-state index contributed by atoms with van der Waals surface area (Å²) in [4.78, 5) is 11.4. The molecule has 0 bridgehead atoms. The molecule has 4 heteroatoms. The summed E-state index contributed by atoms with van der Waals surface area (Å²) >= 11 is 0. The maximum atomic E-state index is 5.97. The van der Waals surface area contributed by atoms with Gasteiger partial charge in [-0.3, -0.25) is 4.99 Å². The molecule has 0 atom stereocenters. The fraction of sp³-hybridized carbons (Fsp3) is 0.474. The van der Waals surface area contributed by atoms with Gasteiger partial charge >= 0.3 is 0 Å². The van der Waals surface area contributed by atoms with E-state index in [1.54, 1.807) is 0 Å². The number of ether oxygens (including phenoxy) is 1. The first-order chi connectivity index (χ1) is 11.2. The molecule has 2 heterocycles. The number of amidine groups is 1. The molecule has 2 aliphatic rings. The third-order valence-corrected chi connectivity index (χ3v) is 4.45. The van der Waals surface area contributed by atoms with Crippen LogP contribution in [-0.4, -0.2) is 50.2 Å². The van der Waals surface area contributed by atoms with E-state index in [1.165, 1.54) is 31.5 Å². The van der Waals surface area contributed by atoms with Crippen molar-refractivity contribution in [1.82, 2.24) is 4.90 Å². The number of likely N-dealkylation sites (tertiary alicyclic amines) is 1. The van der Waals surface area contributed by atoms with E-state index in [0.29, 0.717) is 12.5 Å². The monoisotopic (exact) mass is 311 g/mol. The van der Waals surface area contributed by atoms with Crippen LogP contribution in [0.15, 0.2) is 46.1 Å². The molecule has 1 fully saturated rings. The zero-order chi connectivity index (χ0) is 16.1. The van der Waals surface area contributed by atoms with Gasteiger partial charge in [0.15, 0.2) is 5.84 Å². The molecule has 23 heavy (non-hydrogen) atoms. The maximum absolute atomic E-state index is 5.97. The summed E-state index contributed by atoms with van der Waals surface area (Å²) in [5.74, 6) is 2.28. The summed E-state index contributed by atoms with van der Waals surface area (Å²) in [6, 6.07) is 8.28. The van der Waals surface area contributed by atoms with Gasteiger partial charge in [0, 0.05) is 5.56 Å².